The van der Waals surface area contributed by atoms with E-state index in [2.05, 4.69) is 10.1 Å². The number of amides is 1. The van der Waals surface area contributed by atoms with Crippen molar-refractivity contribution in [1.29, 1.82) is 0 Å². The number of benzene rings is 1. The molecule has 1 rings (SSSR count). The average Bonchev–Trinajstić information content (AvgIpc) is 2.17. The summed E-state index contributed by atoms with van der Waals surface area (Å²) in [4.78, 5) is 11.6. The summed E-state index contributed by atoms with van der Waals surface area (Å²) in [5.74, 6) is -1.65. The van der Waals surface area contributed by atoms with Crippen molar-refractivity contribution in [3.63, 3.8) is 0 Å². The molecule has 2 N–H and O–H groups in total. The molecule has 0 aliphatic heterocycles. The Bertz CT molecular complexity index is 444. The Kier molecular flexibility index (Phi) is 4.05. The van der Waals surface area contributed by atoms with E-state index in [1.165, 1.54) is 0 Å². The molecule has 0 aliphatic carbocycles. The van der Waals surface area contributed by atoms with Gasteiger partial charge >= 0.3 is 6.36 Å². The first-order valence-electron chi connectivity index (χ1n) is 5.08. The Labute approximate surface area is 101 Å². The number of nitrogens with one attached hydrogen (secondary N) is 1. The maximum Gasteiger partial charge on any atom is 0.573 e. The Morgan fingerprint density at radius 1 is 1.39 bits per heavy atom. The van der Waals surface area contributed by atoms with Crippen LogP contribution in [0.25, 0.3) is 0 Å². The Morgan fingerprint density at radius 3 is 2.50 bits per heavy atom. The van der Waals surface area contributed by atoms with Gasteiger partial charge in [-0.15, -0.1) is 13.2 Å². The lowest BCUT2D eigenvalue weighted by atomic mass is 10.1. The zero-order chi connectivity index (χ0) is 13.9. The fourth-order valence-corrected chi connectivity index (χ4v) is 1.23. The van der Waals surface area contributed by atoms with Crippen LogP contribution in [0.15, 0.2) is 18.2 Å². The van der Waals surface area contributed by atoms with Crippen LogP contribution in [0.4, 0.5) is 13.2 Å². The molecule has 0 aromatic heterocycles. The number of carbonyl (C=O) groups excluding carboxylic acids is 1. The molecule has 0 saturated carbocycles. The standard InChI is InChI=1S/C11H12F3NO3/c1-6(2)15-10(17)8-5-7(3-4-9(8)16)18-11(12,13)14/h3-6,16H,1-2H3,(H,15,17). The van der Waals surface area contributed by atoms with Crippen molar-refractivity contribution in [2.24, 2.45) is 0 Å². The van der Waals surface area contributed by atoms with E-state index in [1.54, 1.807) is 13.8 Å². The van der Waals surface area contributed by atoms with Gasteiger partial charge in [-0.2, -0.15) is 0 Å². The van der Waals surface area contributed by atoms with Gasteiger partial charge in [0.1, 0.15) is 11.5 Å². The van der Waals surface area contributed by atoms with E-state index in [0.717, 1.165) is 18.2 Å². The highest BCUT2D eigenvalue weighted by Gasteiger charge is 2.31. The first kappa shape index (κ1) is 14.1. The molecule has 0 saturated heterocycles. The maximum absolute atomic E-state index is 12.0. The largest absolute Gasteiger partial charge is 0.573 e. The van der Waals surface area contributed by atoms with E-state index < -0.39 is 23.8 Å². The Hall–Kier alpha value is -1.92. The van der Waals surface area contributed by atoms with E-state index in [9.17, 15) is 23.1 Å². The van der Waals surface area contributed by atoms with Gasteiger partial charge in [-0.05, 0) is 32.0 Å². The monoisotopic (exact) mass is 263 g/mol. The van der Waals surface area contributed by atoms with E-state index in [4.69, 9.17) is 0 Å². The lowest BCUT2D eigenvalue weighted by Gasteiger charge is -2.12. The molecular weight excluding hydrogens is 251 g/mol. The van der Waals surface area contributed by atoms with Crippen LogP contribution in [0.1, 0.15) is 24.2 Å². The predicted octanol–water partition coefficient (Wildman–Crippen LogP) is 2.43. The minimum atomic E-state index is -4.84. The molecule has 1 amide bonds. The topological polar surface area (TPSA) is 58.6 Å². The highest BCUT2D eigenvalue weighted by atomic mass is 19.4. The van der Waals surface area contributed by atoms with Gasteiger partial charge in [0.05, 0.1) is 5.56 Å². The van der Waals surface area contributed by atoms with Crippen LogP contribution in [-0.2, 0) is 0 Å². The first-order valence-corrected chi connectivity index (χ1v) is 5.08. The molecule has 0 bridgehead atoms. The van der Waals surface area contributed by atoms with Gasteiger partial charge in [0, 0.05) is 6.04 Å². The third-order valence-electron chi connectivity index (χ3n) is 1.87. The van der Waals surface area contributed by atoms with Gasteiger partial charge in [0.25, 0.3) is 5.91 Å². The van der Waals surface area contributed by atoms with Crippen LogP contribution < -0.4 is 10.1 Å². The summed E-state index contributed by atoms with van der Waals surface area (Å²) < 4.78 is 39.7. The molecule has 100 valence electrons. The summed E-state index contributed by atoms with van der Waals surface area (Å²) in [6.45, 7) is 3.37. The van der Waals surface area contributed by atoms with Gasteiger partial charge in [0.2, 0.25) is 0 Å². The second-order valence-electron chi connectivity index (χ2n) is 3.85. The smallest absolute Gasteiger partial charge is 0.507 e. The Morgan fingerprint density at radius 2 is 2.00 bits per heavy atom. The molecule has 4 nitrogen and oxygen atoms in total. The van der Waals surface area contributed by atoms with Crippen LogP contribution in [0.2, 0.25) is 0 Å². The minimum absolute atomic E-state index is 0.205. The molecule has 0 spiro atoms. The highest BCUT2D eigenvalue weighted by molar-refractivity contribution is 5.97. The second-order valence-corrected chi connectivity index (χ2v) is 3.85. The predicted molar refractivity (Wildman–Crippen MR) is 57.4 cm³/mol. The third kappa shape index (κ3) is 4.15. The number of phenols is 1. The number of alkyl halides is 3. The van der Waals surface area contributed by atoms with Crippen molar-refractivity contribution in [3.8, 4) is 11.5 Å². The summed E-state index contributed by atoms with van der Waals surface area (Å²) >= 11 is 0. The minimum Gasteiger partial charge on any atom is -0.507 e. The van der Waals surface area contributed by atoms with Crippen LogP contribution in [0.5, 0.6) is 11.5 Å². The fraction of sp³-hybridized carbons (Fsp3) is 0.364. The summed E-state index contributed by atoms with van der Waals surface area (Å²) in [6, 6.07) is 2.52. The van der Waals surface area contributed by atoms with Gasteiger partial charge in [0.15, 0.2) is 0 Å². The van der Waals surface area contributed by atoms with Crippen LogP contribution >= 0.6 is 0 Å². The lowest BCUT2D eigenvalue weighted by molar-refractivity contribution is -0.274. The number of hydrogen-bond acceptors (Lipinski definition) is 3. The van der Waals surface area contributed by atoms with Crippen molar-refractivity contribution in [2.75, 3.05) is 0 Å². The quantitative estimate of drug-likeness (QED) is 0.880. The number of rotatable bonds is 3. The van der Waals surface area contributed by atoms with E-state index >= 15 is 0 Å². The zero-order valence-electron chi connectivity index (χ0n) is 9.71. The summed E-state index contributed by atoms with van der Waals surface area (Å²) in [5.41, 5.74) is -0.273. The normalized spacial score (nSPS) is 11.4. The molecule has 0 fully saturated rings. The highest BCUT2D eigenvalue weighted by Crippen LogP contribution is 2.27. The molecule has 18 heavy (non-hydrogen) atoms. The molecule has 0 atom stereocenters. The van der Waals surface area contributed by atoms with Crippen LogP contribution in [0.3, 0.4) is 0 Å². The second kappa shape index (κ2) is 5.16. The third-order valence-corrected chi connectivity index (χ3v) is 1.87. The number of ether oxygens (including phenoxy) is 1. The first-order chi connectivity index (χ1) is 8.19. The van der Waals surface area contributed by atoms with Crippen LogP contribution in [-0.4, -0.2) is 23.4 Å². The van der Waals surface area contributed by atoms with Crippen LogP contribution in [0, 0.1) is 0 Å². The van der Waals surface area contributed by atoms with E-state index in [0.29, 0.717) is 0 Å². The van der Waals surface area contributed by atoms with Crippen molar-refractivity contribution in [2.45, 2.75) is 26.3 Å². The van der Waals surface area contributed by atoms with Gasteiger partial charge in [-0.3, -0.25) is 4.79 Å². The Balaban J connectivity index is 2.98. The number of carbonyl (C=O) groups is 1. The van der Waals surface area contributed by atoms with Gasteiger partial charge in [-0.1, -0.05) is 0 Å². The van der Waals surface area contributed by atoms with Gasteiger partial charge in [-0.25, -0.2) is 0 Å². The number of aromatic hydroxyl groups is 1. The van der Waals surface area contributed by atoms with E-state index in [-0.39, 0.29) is 11.6 Å². The summed E-state index contributed by atoms with van der Waals surface area (Å²) in [6.07, 6.45) is -4.84. The van der Waals surface area contributed by atoms with Crippen molar-refractivity contribution < 1.29 is 27.8 Å². The molecule has 1 aromatic rings. The summed E-state index contributed by atoms with van der Waals surface area (Å²) in [7, 11) is 0. The van der Waals surface area contributed by atoms with Crippen molar-refractivity contribution in [1.82, 2.24) is 5.32 Å². The molecule has 0 heterocycles. The molecule has 0 radical (unpaired) electrons. The average molecular weight is 263 g/mol. The molecule has 7 heteroatoms. The zero-order valence-corrected chi connectivity index (χ0v) is 9.71. The van der Waals surface area contributed by atoms with Crippen molar-refractivity contribution >= 4 is 5.91 Å². The number of hydrogen-bond donors (Lipinski definition) is 2. The fourth-order valence-electron chi connectivity index (χ4n) is 1.23. The maximum atomic E-state index is 12.0. The molecule has 0 unspecified atom stereocenters. The van der Waals surface area contributed by atoms with Crippen molar-refractivity contribution in [3.05, 3.63) is 23.8 Å². The SMILES string of the molecule is CC(C)NC(=O)c1cc(OC(F)(F)F)ccc1O. The number of phenolic OH excluding ortho intramolecular Hbond substituents is 1. The molecule has 0 aliphatic rings. The molecule has 1 aromatic carbocycles. The van der Waals surface area contributed by atoms with E-state index in [1.807, 2.05) is 0 Å². The lowest BCUT2D eigenvalue weighted by Crippen LogP contribution is -2.30. The number of halogens is 3. The molecular formula is C11H12F3NO3. The summed E-state index contributed by atoms with van der Waals surface area (Å²) in [5, 5.41) is 11.9. The van der Waals surface area contributed by atoms with Gasteiger partial charge < -0.3 is 15.2 Å².